The van der Waals surface area contributed by atoms with Gasteiger partial charge in [0.1, 0.15) is 0 Å². The third-order valence-corrected chi connectivity index (χ3v) is 8.17. The third-order valence-electron chi connectivity index (χ3n) is 7.61. The molecule has 0 bridgehead atoms. The van der Waals surface area contributed by atoms with Crippen molar-refractivity contribution < 1.29 is 19.2 Å². The largest absolute Gasteiger partial charge is 0.352 e. The quantitative estimate of drug-likeness (QED) is 0.320. The van der Waals surface area contributed by atoms with Gasteiger partial charge in [0.05, 0.1) is 30.7 Å². The number of nitrogens with zero attached hydrogens (tertiary/aromatic N) is 1. The molecule has 10 heteroatoms. The van der Waals surface area contributed by atoms with Gasteiger partial charge < -0.3 is 16.0 Å². The Balaban J connectivity index is 1.59. The van der Waals surface area contributed by atoms with E-state index in [0.717, 1.165) is 18.4 Å². The van der Waals surface area contributed by atoms with Gasteiger partial charge in [-0.1, -0.05) is 90.6 Å². The molecule has 0 aromatic heterocycles. The standard InChI is InChI=1S/C30H30Cl2N4O4/c31-19-14-15-22(23(32)16-19)27-26(28(37)35-40-17-18-8-2-1-3-9-18)20-10-4-5-11-21(20)29(38)36(27)25-13-7-6-12-24(25)34-30(33)39/h1-5,8-11,14-16,24-27H,6-7,12-13,17H2,(H,35,37)(H3,33,34,39)/t24-,25?,26+,27?/m0/s1. The van der Waals surface area contributed by atoms with Gasteiger partial charge in [0.15, 0.2) is 0 Å². The van der Waals surface area contributed by atoms with E-state index in [2.05, 4.69) is 10.8 Å². The molecule has 1 aliphatic carbocycles. The van der Waals surface area contributed by atoms with Crippen molar-refractivity contribution in [2.24, 2.45) is 5.73 Å². The number of rotatable bonds is 7. The van der Waals surface area contributed by atoms with E-state index in [4.69, 9.17) is 33.8 Å². The lowest BCUT2D eigenvalue weighted by molar-refractivity contribution is -0.138. The Bertz CT molecular complexity index is 1400. The summed E-state index contributed by atoms with van der Waals surface area (Å²) in [4.78, 5) is 47.5. The first-order valence-electron chi connectivity index (χ1n) is 13.2. The second kappa shape index (κ2) is 12.3. The molecule has 2 unspecified atom stereocenters. The minimum absolute atomic E-state index is 0.170. The number of primary amides is 1. The second-order valence-corrected chi connectivity index (χ2v) is 10.9. The van der Waals surface area contributed by atoms with E-state index in [-0.39, 0.29) is 18.6 Å². The summed E-state index contributed by atoms with van der Waals surface area (Å²) < 4.78 is 0. The molecule has 1 heterocycles. The summed E-state index contributed by atoms with van der Waals surface area (Å²) in [6.07, 6.45) is 3.01. The molecule has 208 valence electrons. The summed E-state index contributed by atoms with van der Waals surface area (Å²) in [5.41, 5.74) is 10.6. The third kappa shape index (κ3) is 5.80. The molecule has 4 amide bonds. The van der Waals surface area contributed by atoms with Gasteiger partial charge >= 0.3 is 6.03 Å². The molecule has 1 fully saturated rings. The molecular weight excluding hydrogens is 551 g/mol. The Hall–Kier alpha value is -3.59. The number of carbonyl (C=O) groups is 3. The number of hydroxylamine groups is 1. The van der Waals surface area contributed by atoms with Crippen LogP contribution in [-0.4, -0.2) is 34.8 Å². The Kier molecular flexibility index (Phi) is 8.59. The minimum Gasteiger partial charge on any atom is -0.352 e. The van der Waals surface area contributed by atoms with E-state index in [9.17, 15) is 14.4 Å². The van der Waals surface area contributed by atoms with E-state index >= 15 is 0 Å². The molecule has 0 saturated heterocycles. The number of nitrogens with two attached hydrogens (primary N) is 1. The van der Waals surface area contributed by atoms with Gasteiger partial charge in [-0.05, 0) is 47.7 Å². The fourth-order valence-corrected chi connectivity index (χ4v) is 6.42. The first-order valence-corrected chi connectivity index (χ1v) is 14.0. The SMILES string of the molecule is NC(=O)N[C@H]1CCCCC1N1C(=O)c2ccccc2[C@@H](C(=O)NOCc2ccccc2)C1c1ccc(Cl)cc1Cl. The maximum absolute atomic E-state index is 14.2. The zero-order valence-corrected chi connectivity index (χ0v) is 23.2. The van der Waals surface area contributed by atoms with Crippen LogP contribution in [0.5, 0.6) is 0 Å². The van der Waals surface area contributed by atoms with Crippen LogP contribution in [0.3, 0.4) is 0 Å². The average molecular weight is 582 g/mol. The highest BCUT2D eigenvalue weighted by atomic mass is 35.5. The topological polar surface area (TPSA) is 114 Å². The number of amides is 4. The smallest absolute Gasteiger partial charge is 0.312 e. The predicted octanol–water partition coefficient (Wildman–Crippen LogP) is 5.50. The van der Waals surface area contributed by atoms with Crippen molar-refractivity contribution in [1.29, 1.82) is 0 Å². The average Bonchev–Trinajstić information content (AvgIpc) is 2.94. The van der Waals surface area contributed by atoms with Crippen molar-refractivity contribution in [2.75, 3.05) is 0 Å². The van der Waals surface area contributed by atoms with Crippen LogP contribution >= 0.6 is 23.2 Å². The molecule has 3 aromatic carbocycles. The highest BCUT2D eigenvalue weighted by molar-refractivity contribution is 6.35. The number of benzene rings is 3. The molecular formula is C30H30Cl2N4O4. The summed E-state index contributed by atoms with van der Waals surface area (Å²) in [5.74, 6) is -1.53. The number of fused-ring (bicyclic) bond motifs is 1. The lowest BCUT2D eigenvalue weighted by Gasteiger charge is -2.49. The van der Waals surface area contributed by atoms with Crippen LogP contribution in [0.1, 0.15) is 64.7 Å². The van der Waals surface area contributed by atoms with Crippen LogP contribution in [-0.2, 0) is 16.2 Å². The van der Waals surface area contributed by atoms with Gasteiger partial charge in [0, 0.05) is 15.6 Å². The van der Waals surface area contributed by atoms with Crippen LogP contribution in [0.15, 0.2) is 72.8 Å². The number of hydrogen-bond acceptors (Lipinski definition) is 4. The molecule has 5 rings (SSSR count). The van der Waals surface area contributed by atoms with E-state index in [1.807, 2.05) is 30.3 Å². The molecule has 4 N–H and O–H groups in total. The molecule has 40 heavy (non-hydrogen) atoms. The van der Waals surface area contributed by atoms with Crippen molar-refractivity contribution in [2.45, 2.75) is 56.3 Å². The summed E-state index contributed by atoms with van der Waals surface area (Å²) >= 11 is 13.0. The highest BCUT2D eigenvalue weighted by Crippen LogP contribution is 2.47. The normalized spacial score (nSPS) is 22.4. The van der Waals surface area contributed by atoms with Crippen molar-refractivity contribution in [3.05, 3.63) is 105 Å². The molecule has 0 radical (unpaired) electrons. The van der Waals surface area contributed by atoms with Crippen molar-refractivity contribution >= 4 is 41.0 Å². The van der Waals surface area contributed by atoms with E-state index in [1.54, 1.807) is 47.4 Å². The molecule has 1 aliphatic heterocycles. The van der Waals surface area contributed by atoms with E-state index in [0.29, 0.717) is 39.6 Å². The fraction of sp³-hybridized carbons (Fsp3) is 0.300. The minimum atomic E-state index is -0.862. The number of nitrogens with one attached hydrogen (secondary N) is 2. The molecule has 2 aliphatic rings. The number of hydrogen-bond donors (Lipinski definition) is 3. The number of carbonyl (C=O) groups excluding carboxylic acids is 3. The lowest BCUT2D eigenvalue weighted by Crippen LogP contribution is -2.59. The maximum atomic E-state index is 14.2. The summed E-state index contributed by atoms with van der Waals surface area (Å²) in [6, 6.07) is 19.3. The Morgan fingerprint density at radius 3 is 2.42 bits per heavy atom. The van der Waals surface area contributed by atoms with Crippen molar-refractivity contribution in [3.8, 4) is 0 Å². The molecule has 3 aromatic rings. The van der Waals surface area contributed by atoms with Gasteiger partial charge in [0.2, 0.25) is 0 Å². The zero-order valence-electron chi connectivity index (χ0n) is 21.7. The number of halogens is 2. The molecule has 0 spiro atoms. The zero-order chi connectivity index (χ0) is 28.2. The molecule has 1 saturated carbocycles. The summed E-state index contributed by atoms with van der Waals surface area (Å²) in [6.45, 7) is 0.170. The fourth-order valence-electron chi connectivity index (χ4n) is 5.89. The van der Waals surface area contributed by atoms with Crippen LogP contribution in [0.2, 0.25) is 10.0 Å². The summed E-state index contributed by atoms with van der Waals surface area (Å²) in [7, 11) is 0. The first kappa shape index (κ1) is 28.0. The van der Waals surface area contributed by atoms with Crippen LogP contribution in [0, 0.1) is 0 Å². The van der Waals surface area contributed by atoms with Gasteiger partial charge in [-0.2, -0.15) is 0 Å². The Labute approximate surface area is 242 Å². The van der Waals surface area contributed by atoms with Gasteiger partial charge in [0.25, 0.3) is 11.8 Å². The van der Waals surface area contributed by atoms with Gasteiger partial charge in [-0.3, -0.25) is 14.4 Å². The number of urea groups is 1. The monoisotopic (exact) mass is 580 g/mol. The van der Waals surface area contributed by atoms with Crippen LogP contribution in [0.25, 0.3) is 0 Å². The molecule has 4 atom stereocenters. The van der Waals surface area contributed by atoms with Crippen LogP contribution in [0.4, 0.5) is 4.79 Å². The Morgan fingerprint density at radius 1 is 0.950 bits per heavy atom. The Morgan fingerprint density at radius 2 is 1.68 bits per heavy atom. The molecule has 8 nitrogen and oxygen atoms in total. The van der Waals surface area contributed by atoms with E-state index < -0.39 is 29.9 Å². The van der Waals surface area contributed by atoms with Crippen molar-refractivity contribution in [3.63, 3.8) is 0 Å². The second-order valence-electron chi connectivity index (χ2n) is 10.1. The lowest BCUT2D eigenvalue weighted by atomic mass is 9.76. The highest BCUT2D eigenvalue weighted by Gasteiger charge is 2.49. The first-order chi connectivity index (χ1) is 19.3. The van der Waals surface area contributed by atoms with Crippen LogP contribution < -0.4 is 16.5 Å². The van der Waals surface area contributed by atoms with Crippen molar-refractivity contribution in [1.82, 2.24) is 15.7 Å². The van der Waals surface area contributed by atoms with Gasteiger partial charge in [-0.25, -0.2) is 10.3 Å². The maximum Gasteiger partial charge on any atom is 0.312 e. The van der Waals surface area contributed by atoms with E-state index in [1.165, 1.54) is 0 Å². The summed E-state index contributed by atoms with van der Waals surface area (Å²) in [5, 5.41) is 3.59. The predicted molar refractivity (Wildman–Crippen MR) is 153 cm³/mol. The van der Waals surface area contributed by atoms with Gasteiger partial charge in [-0.15, -0.1) is 0 Å².